The van der Waals surface area contributed by atoms with Gasteiger partial charge in [0.2, 0.25) is 0 Å². The van der Waals surface area contributed by atoms with E-state index in [9.17, 15) is 4.79 Å². The summed E-state index contributed by atoms with van der Waals surface area (Å²) in [7, 11) is 0. The lowest BCUT2D eigenvalue weighted by Crippen LogP contribution is -2.29. The number of benzene rings is 1. The number of anilines is 1. The van der Waals surface area contributed by atoms with Gasteiger partial charge in [-0.15, -0.1) is 0 Å². The lowest BCUT2D eigenvalue weighted by atomic mass is 10.1. The fourth-order valence-corrected chi connectivity index (χ4v) is 2.54. The molecule has 0 aliphatic carbocycles. The quantitative estimate of drug-likeness (QED) is 0.900. The summed E-state index contributed by atoms with van der Waals surface area (Å²) in [5, 5.41) is 4.44. The molecule has 130 valence electrons. The van der Waals surface area contributed by atoms with E-state index in [0.717, 1.165) is 24.2 Å². The summed E-state index contributed by atoms with van der Waals surface area (Å²) >= 11 is 0. The predicted octanol–water partition coefficient (Wildman–Crippen LogP) is 3.99. The molecule has 0 aliphatic heterocycles. The molecule has 0 saturated heterocycles. The highest BCUT2D eigenvalue weighted by Gasteiger charge is 2.24. The lowest BCUT2D eigenvalue weighted by molar-refractivity contribution is 0.0509. The highest BCUT2D eigenvalue weighted by atomic mass is 16.6. The number of nitrogen functional groups attached to an aromatic ring is 1. The normalized spacial score (nSPS) is 11.5. The number of aromatic nitrogens is 2. The van der Waals surface area contributed by atoms with E-state index in [2.05, 4.69) is 24.2 Å². The van der Waals surface area contributed by atoms with Gasteiger partial charge >= 0.3 is 6.09 Å². The number of carbonyl (C=O) groups is 1. The molecule has 24 heavy (non-hydrogen) atoms. The molecule has 0 bridgehead atoms. The molecule has 0 radical (unpaired) electrons. The SMILES string of the molecule is CCCc1c(N)c(CCc2ccccc2)nn1C(=O)OC(C)(C)C. The third kappa shape index (κ3) is 4.60. The number of hydrogen-bond donors (Lipinski definition) is 1. The van der Waals surface area contributed by atoms with E-state index < -0.39 is 11.7 Å². The van der Waals surface area contributed by atoms with Crippen LogP contribution in [0.3, 0.4) is 0 Å². The maximum atomic E-state index is 12.4. The Labute approximate surface area is 143 Å². The van der Waals surface area contributed by atoms with Crippen LogP contribution in [0.1, 0.15) is 51.1 Å². The summed E-state index contributed by atoms with van der Waals surface area (Å²) in [5.74, 6) is 0. The molecule has 0 unspecified atom stereocenters. The minimum atomic E-state index is -0.564. The summed E-state index contributed by atoms with van der Waals surface area (Å²) in [4.78, 5) is 12.4. The second-order valence-electron chi connectivity index (χ2n) is 6.93. The number of rotatable bonds is 5. The number of hydrogen-bond acceptors (Lipinski definition) is 4. The summed E-state index contributed by atoms with van der Waals surface area (Å²) in [6.45, 7) is 7.57. The van der Waals surface area contributed by atoms with E-state index in [0.29, 0.717) is 18.5 Å². The van der Waals surface area contributed by atoms with Crippen molar-refractivity contribution in [2.45, 2.75) is 59.0 Å². The third-order valence-electron chi connectivity index (χ3n) is 3.64. The molecule has 2 aromatic rings. The van der Waals surface area contributed by atoms with Gasteiger partial charge < -0.3 is 10.5 Å². The largest absolute Gasteiger partial charge is 0.442 e. The molecule has 1 aromatic carbocycles. The van der Waals surface area contributed by atoms with Gasteiger partial charge in [0.1, 0.15) is 5.60 Å². The first-order valence-corrected chi connectivity index (χ1v) is 8.45. The fraction of sp³-hybridized carbons (Fsp3) is 0.474. The highest BCUT2D eigenvalue weighted by Crippen LogP contribution is 2.22. The van der Waals surface area contributed by atoms with E-state index in [1.54, 1.807) is 0 Å². The summed E-state index contributed by atoms with van der Waals surface area (Å²) < 4.78 is 6.79. The number of carbonyl (C=O) groups excluding carboxylic acids is 1. The monoisotopic (exact) mass is 329 g/mol. The van der Waals surface area contributed by atoms with Crippen molar-refractivity contribution in [2.24, 2.45) is 0 Å². The molecule has 0 spiro atoms. The zero-order chi connectivity index (χ0) is 17.7. The smallest absolute Gasteiger partial charge is 0.435 e. The molecule has 0 fully saturated rings. The van der Waals surface area contributed by atoms with E-state index in [-0.39, 0.29) is 0 Å². The second-order valence-corrected chi connectivity index (χ2v) is 6.93. The van der Waals surface area contributed by atoms with E-state index >= 15 is 0 Å². The van der Waals surface area contributed by atoms with Crippen LogP contribution in [0.15, 0.2) is 30.3 Å². The second kappa shape index (κ2) is 7.51. The summed E-state index contributed by atoms with van der Waals surface area (Å²) in [6, 6.07) is 10.2. The van der Waals surface area contributed by atoms with Gasteiger partial charge in [-0.1, -0.05) is 43.7 Å². The Morgan fingerprint density at radius 2 is 1.83 bits per heavy atom. The lowest BCUT2D eigenvalue weighted by Gasteiger charge is -2.19. The minimum absolute atomic E-state index is 0.469. The first-order chi connectivity index (χ1) is 11.3. The first-order valence-electron chi connectivity index (χ1n) is 8.45. The molecule has 0 aliphatic rings. The maximum Gasteiger partial charge on any atom is 0.435 e. The highest BCUT2D eigenvalue weighted by molar-refractivity contribution is 5.73. The maximum absolute atomic E-state index is 12.4. The molecule has 0 atom stereocenters. The Hall–Kier alpha value is -2.30. The van der Waals surface area contributed by atoms with Crippen molar-refractivity contribution < 1.29 is 9.53 Å². The average Bonchev–Trinajstić information content (AvgIpc) is 2.82. The zero-order valence-corrected chi connectivity index (χ0v) is 15.0. The molecule has 2 rings (SSSR count). The third-order valence-corrected chi connectivity index (χ3v) is 3.64. The van der Waals surface area contributed by atoms with Crippen molar-refractivity contribution in [2.75, 3.05) is 5.73 Å². The molecule has 0 saturated carbocycles. The van der Waals surface area contributed by atoms with Crippen LogP contribution >= 0.6 is 0 Å². The molecular formula is C19H27N3O2. The topological polar surface area (TPSA) is 70.1 Å². The predicted molar refractivity (Wildman–Crippen MR) is 96.1 cm³/mol. The van der Waals surface area contributed by atoms with E-state index in [1.807, 2.05) is 39.0 Å². The van der Waals surface area contributed by atoms with Gasteiger partial charge in [0.05, 0.1) is 17.1 Å². The Balaban J connectivity index is 2.23. The Bertz CT molecular complexity index is 685. The van der Waals surface area contributed by atoms with Crippen molar-refractivity contribution in [3.8, 4) is 0 Å². The van der Waals surface area contributed by atoms with Crippen LogP contribution in [0.2, 0.25) is 0 Å². The van der Waals surface area contributed by atoms with Crippen LogP contribution in [0.4, 0.5) is 10.5 Å². The van der Waals surface area contributed by atoms with E-state index in [1.165, 1.54) is 10.2 Å². The van der Waals surface area contributed by atoms with Gasteiger partial charge in [-0.05, 0) is 45.6 Å². The molecule has 2 N–H and O–H groups in total. The number of nitrogens with zero attached hydrogens (tertiary/aromatic N) is 2. The van der Waals surface area contributed by atoms with Crippen molar-refractivity contribution >= 4 is 11.8 Å². The first kappa shape index (κ1) is 18.0. The Morgan fingerprint density at radius 3 is 2.42 bits per heavy atom. The van der Waals surface area contributed by atoms with Crippen molar-refractivity contribution in [3.05, 3.63) is 47.3 Å². The van der Waals surface area contributed by atoms with Crippen LogP contribution in [0.5, 0.6) is 0 Å². The Morgan fingerprint density at radius 1 is 1.17 bits per heavy atom. The zero-order valence-electron chi connectivity index (χ0n) is 15.0. The standard InChI is InChI=1S/C19H27N3O2/c1-5-9-16-17(20)15(13-12-14-10-7-6-8-11-14)21-22(16)18(23)24-19(2,3)4/h6-8,10-11H,5,9,12-13,20H2,1-4H3. The average molecular weight is 329 g/mol. The van der Waals surface area contributed by atoms with Crippen molar-refractivity contribution in [3.63, 3.8) is 0 Å². The van der Waals surface area contributed by atoms with Gasteiger partial charge in [-0.2, -0.15) is 9.78 Å². The fourth-order valence-electron chi connectivity index (χ4n) is 2.54. The van der Waals surface area contributed by atoms with Crippen LogP contribution in [-0.4, -0.2) is 21.5 Å². The molecule has 0 amide bonds. The van der Waals surface area contributed by atoms with Gasteiger partial charge in [0.15, 0.2) is 0 Å². The molecule has 1 aromatic heterocycles. The van der Waals surface area contributed by atoms with Gasteiger partial charge in [0, 0.05) is 0 Å². The minimum Gasteiger partial charge on any atom is -0.442 e. The number of ether oxygens (including phenoxy) is 1. The summed E-state index contributed by atoms with van der Waals surface area (Å²) in [6.07, 6.45) is 2.65. The van der Waals surface area contributed by atoms with Gasteiger partial charge in [0.25, 0.3) is 0 Å². The van der Waals surface area contributed by atoms with E-state index in [4.69, 9.17) is 10.5 Å². The van der Waals surface area contributed by atoms with Crippen molar-refractivity contribution in [1.82, 2.24) is 9.78 Å². The van der Waals surface area contributed by atoms with Crippen LogP contribution in [-0.2, 0) is 24.0 Å². The van der Waals surface area contributed by atoms with Crippen LogP contribution < -0.4 is 5.73 Å². The molecule has 5 nitrogen and oxygen atoms in total. The van der Waals surface area contributed by atoms with Gasteiger partial charge in [-0.25, -0.2) is 4.79 Å². The van der Waals surface area contributed by atoms with Crippen molar-refractivity contribution in [1.29, 1.82) is 0 Å². The Kier molecular flexibility index (Phi) is 5.65. The van der Waals surface area contributed by atoms with Crippen LogP contribution in [0.25, 0.3) is 0 Å². The summed E-state index contributed by atoms with van der Waals surface area (Å²) in [5.41, 5.74) is 9.04. The van der Waals surface area contributed by atoms with Gasteiger partial charge in [-0.3, -0.25) is 0 Å². The number of aryl methyl sites for hydroxylation is 2. The molecular weight excluding hydrogens is 302 g/mol. The molecule has 1 heterocycles. The molecule has 5 heteroatoms. The number of nitrogens with two attached hydrogens (primary N) is 1. The van der Waals surface area contributed by atoms with Crippen LogP contribution in [0, 0.1) is 0 Å².